The molecule has 0 fully saturated rings. The van der Waals surface area contributed by atoms with Crippen LogP contribution in [0.3, 0.4) is 0 Å². The zero-order valence-electron chi connectivity index (χ0n) is 13.8. The first-order chi connectivity index (χ1) is 10.9. The molecule has 7 heteroatoms. The van der Waals surface area contributed by atoms with Gasteiger partial charge in [-0.25, -0.2) is 0 Å². The minimum Gasteiger partial charge on any atom is -0.294 e. The van der Waals surface area contributed by atoms with E-state index in [0.29, 0.717) is 5.92 Å². The van der Waals surface area contributed by atoms with Gasteiger partial charge in [0.05, 0.1) is 4.92 Å². The highest BCUT2D eigenvalue weighted by molar-refractivity contribution is 7.15. The Morgan fingerprint density at radius 2 is 1.83 bits per heavy atom. The van der Waals surface area contributed by atoms with Crippen molar-refractivity contribution in [1.82, 2.24) is 4.90 Å². The highest BCUT2D eigenvalue weighted by Gasteiger charge is 2.14. The molecule has 1 aromatic carbocycles. The first-order valence-corrected chi connectivity index (χ1v) is 8.83. The first kappa shape index (κ1) is 20.9. The number of halogens is 2. The summed E-state index contributed by atoms with van der Waals surface area (Å²) >= 11 is 7.19. The second-order valence-corrected chi connectivity index (χ2v) is 7.60. The van der Waals surface area contributed by atoms with Crippen LogP contribution in [0.5, 0.6) is 0 Å². The molecule has 1 aromatic heterocycles. The van der Waals surface area contributed by atoms with Crippen molar-refractivity contribution in [3.8, 4) is 0 Å². The Hall–Kier alpha value is -1.14. The molecule has 0 spiro atoms. The molecule has 0 aliphatic carbocycles. The SMILES string of the molecule is CC(C)CCN(Cc1ccc(Cl)cc1)Cc1ccc([N+](=O)[O-])s1.Cl. The summed E-state index contributed by atoms with van der Waals surface area (Å²) in [6, 6.07) is 11.3. The van der Waals surface area contributed by atoms with Crippen LogP contribution in [0, 0.1) is 16.0 Å². The third-order valence-electron chi connectivity index (χ3n) is 3.55. The van der Waals surface area contributed by atoms with Gasteiger partial charge in [0.2, 0.25) is 0 Å². The molecule has 0 unspecified atom stereocenters. The predicted octanol–water partition coefficient (Wildman–Crippen LogP) is 5.78. The van der Waals surface area contributed by atoms with Crippen molar-refractivity contribution in [2.75, 3.05) is 6.54 Å². The summed E-state index contributed by atoms with van der Waals surface area (Å²) in [7, 11) is 0. The van der Waals surface area contributed by atoms with E-state index in [1.54, 1.807) is 6.07 Å². The molecule has 0 aliphatic rings. The fraction of sp³-hybridized carbons (Fsp3) is 0.412. The highest BCUT2D eigenvalue weighted by Crippen LogP contribution is 2.26. The molecule has 0 saturated heterocycles. The summed E-state index contributed by atoms with van der Waals surface area (Å²) in [5, 5.41) is 11.8. The van der Waals surface area contributed by atoms with E-state index in [9.17, 15) is 10.1 Å². The third kappa shape index (κ3) is 6.77. The Balaban J connectivity index is 0.00000288. The summed E-state index contributed by atoms with van der Waals surface area (Å²) in [4.78, 5) is 13.9. The molecular formula is C17H22Cl2N2O2S. The van der Waals surface area contributed by atoms with Crippen molar-refractivity contribution < 1.29 is 4.92 Å². The lowest BCUT2D eigenvalue weighted by molar-refractivity contribution is -0.380. The van der Waals surface area contributed by atoms with E-state index in [2.05, 4.69) is 18.7 Å². The number of nitrogens with zero attached hydrogens (tertiary/aromatic N) is 2. The minimum absolute atomic E-state index is 0. The van der Waals surface area contributed by atoms with Crippen LogP contribution in [0.15, 0.2) is 36.4 Å². The van der Waals surface area contributed by atoms with Gasteiger partial charge < -0.3 is 0 Å². The van der Waals surface area contributed by atoms with Crippen LogP contribution >= 0.6 is 35.3 Å². The lowest BCUT2D eigenvalue weighted by Crippen LogP contribution is -2.24. The largest absolute Gasteiger partial charge is 0.324 e. The van der Waals surface area contributed by atoms with Gasteiger partial charge in [-0.05, 0) is 42.6 Å². The zero-order chi connectivity index (χ0) is 16.8. The van der Waals surface area contributed by atoms with Gasteiger partial charge in [-0.2, -0.15) is 0 Å². The first-order valence-electron chi connectivity index (χ1n) is 7.64. The molecule has 0 atom stereocenters. The lowest BCUT2D eigenvalue weighted by Gasteiger charge is -2.22. The van der Waals surface area contributed by atoms with Crippen LogP contribution in [0.2, 0.25) is 5.02 Å². The van der Waals surface area contributed by atoms with E-state index in [-0.39, 0.29) is 22.3 Å². The maximum atomic E-state index is 10.8. The summed E-state index contributed by atoms with van der Waals surface area (Å²) in [6.45, 7) is 6.92. The predicted molar refractivity (Wildman–Crippen MR) is 103 cm³/mol. The number of hydrogen-bond acceptors (Lipinski definition) is 4. The van der Waals surface area contributed by atoms with Gasteiger partial charge in [0.1, 0.15) is 0 Å². The van der Waals surface area contributed by atoms with Crippen molar-refractivity contribution in [3.63, 3.8) is 0 Å². The molecule has 1 heterocycles. The fourth-order valence-corrected chi connectivity index (χ4v) is 3.26. The molecular weight excluding hydrogens is 367 g/mol. The van der Waals surface area contributed by atoms with Gasteiger partial charge in [0, 0.05) is 29.1 Å². The van der Waals surface area contributed by atoms with Crippen molar-refractivity contribution in [2.45, 2.75) is 33.4 Å². The van der Waals surface area contributed by atoms with E-state index in [1.807, 2.05) is 30.3 Å². The fourth-order valence-electron chi connectivity index (χ4n) is 2.27. The van der Waals surface area contributed by atoms with E-state index < -0.39 is 0 Å². The maximum absolute atomic E-state index is 10.8. The monoisotopic (exact) mass is 388 g/mol. The lowest BCUT2D eigenvalue weighted by atomic mass is 10.1. The van der Waals surface area contributed by atoms with Gasteiger partial charge in [-0.1, -0.05) is 48.9 Å². The Kier molecular flexibility index (Phi) is 8.70. The Morgan fingerprint density at radius 3 is 2.38 bits per heavy atom. The third-order valence-corrected chi connectivity index (χ3v) is 4.82. The molecule has 0 bridgehead atoms. The van der Waals surface area contributed by atoms with E-state index in [0.717, 1.165) is 36.0 Å². The number of benzene rings is 1. The second-order valence-electron chi connectivity index (χ2n) is 6.02. The Morgan fingerprint density at radius 1 is 1.17 bits per heavy atom. The molecule has 132 valence electrons. The van der Waals surface area contributed by atoms with Crippen LogP contribution in [0.4, 0.5) is 5.00 Å². The molecule has 2 rings (SSSR count). The molecule has 2 aromatic rings. The second kappa shape index (κ2) is 9.99. The Labute approximate surface area is 158 Å². The van der Waals surface area contributed by atoms with Gasteiger partial charge in [-0.15, -0.1) is 12.4 Å². The average molecular weight is 389 g/mol. The summed E-state index contributed by atoms with van der Waals surface area (Å²) in [5.41, 5.74) is 1.20. The highest BCUT2D eigenvalue weighted by atomic mass is 35.5. The van der Waals surface area contributed by atoms with Crippen molar-refractivity contribution in [3.05, 3.63) is 62.0 Å². The molecule has 0 amide bonds. The van der Waals surface area contributed by atoms with E-state index in [1.165, 1.54) is 16.9 Å². The smallest absolute Gasteiger partial charge is 0.294 e. The minimum atomic E-state index is -0.328. The summed E-state index contributed by atoms with van der Waals surface area (Å²) < 4.78 is 0. The topological polar surface area (TPSA) is 46.4 Å². The molecule has 4 nitrogen and oxygen atoms in total. The molecule has 0 aliphatic heterocycles. The molecule has 0 saturated carbocycles. The van der Waals surface area contributed by atoms with Crippen molar-refractivity contribution >= 4 is 40.3 Å². The standard InChI is InChI=1S/C17H21ClN2O2S.ClH/c1-13(2)9-10-19(11-14-3-5-15(18)6-4-14)12-16-7-8-17(23-16)20(21)22;/h3-8,13H,9-12H2,1-2H3;1H. The molecule has 0 N–H and O–H groups in total. The zero-order valence-corrected chi connectivity index (χ0v) is 16.2. The Bertz CT molecular complexity index is 644. The normalized spacial score (nSPS) is 10.9. The van der Waals surface area contributed by atoms with Gasteiger partial charge >= 0.3 is 5.00 Å². The van der Waals surface area contributed by atoms with Crippen molar-refractivity contribution in [2.24, 2.45) is 5.92 Å². The van der Waals surface area contributed by atoms with Crippen molar-refractivity contribution in [1.29, 1.82) is 0 Å². The van der Waals surface area contributed by atoms with Gasteiger partial charge in [-0.3, -0.25) is 15.0 Å². The average Bonchev–Trinajstić information content (AvgIpc) is 2.96. The quantitative estimate of drug-likeness (QED) is 0.425. The van der Waals surface area contributed by atoms with Crippen LogP contribution < -0.4 is 0 Å². The number of hydrogen-bond donors (Lipinski definition) is 0. The summed E-state index contributed by atoms with van der Waals surface area (Å²) in [5.74, 6) is 0.625. The van der Waals surface area contributed by atoms with E-state index in [4.69, 9.17) is 11.6 Å². The van der Waals surface area contributed by atoms with E-state index >= 15 is 0 Å². The number of thiophene rings is 1. The summed E-state index contributed by atoms with van der Waals surface area (Å²) in [6.07, 6.45) is 1.10. The van der Waals surface area contributed by atoms with Crippen LogP contribution in [-0.4, -0.2) is 16.4 Å². The molecule has 24 heavy (non-hydrogen) atoms. The maximum Gasteiger partial charge on any atom is 0.324 e. The molecule has 0 radical (unpaired) electrons. The van der Waals surface area contributed by atoms with Crippen LogP contribution in [-0.2, 0) is 13.1 Å². The number of rotatable bonds is 8. The van der Waals surface area contributed by atoms with Crippen LogP contribution in [0.25, 0.3) is 0 Å². The van der Waals surface area contributed by atoms with Crippen LogP contribution in [0.1, 0.15) is 30.7 Å². The van der Waals surface area contributed by atoms with Gasteiger partial charge in [0.25, 0.3) is 0 Å². The number of nitro groups is 1. The van der Waals surface area contributed by atoms with Gasteiger partial charge in [0.15, 0.2) is 0 Å².